The van der Waals surface area contributed by atoms with Crippen LogP contribution in [0.2, 0.25) is 0 Å². The number of para-hydroxylation sites is 1. The average Bonchev–Trinajstić information content (AvgIpc) is 2.63. The maximum Gasteiger partial charge on any atom is 0.225 e. The molecular formula is C20H26N4O2. The van der Waals surface area contributed by atoms with E-state index in [0.29, 0.717) is 0 Å². The van der Waals surface area contributed by atoms with Crippen LogP contribution in [0, 0.1) is 13.8 Å². The normalized spacial score (nSPS) is 18.6. The Balaban J connectivity index is 1.27. The van der Waals surface area contributed by atoms with Crippen molar-refractivity contribution in [2.24, 2.45) is 0 Å². The van der Waals surface area contributed by atoms with Gasteiger partial charge >= 0.3 is 0 Å². The number of hydrogen-bond acceptors (Lipinski definition) is 6. The molecule has 0 aliphatic carbocycles. The van der Waals surface area contributed by atoms with Crippen LogP contribution in [0.3, 0.4) is 0 Å². The summed E-state index contributed by atoms with van der Waals surface area (Å²) in [5, 5.41) is 0. The third kappa shape index (κ3) is 3.81. The van der Waals surface area contributed by atoms with Crippen molar-refractivity contribution in [1.29, 1.82) is 0 Å². The van der Waals surface area contributed by atoms with Crippen LogP contribution in [-0.2, 0) is 11.3 Å². The van der Waals surface area contributed by atoms with Crippen molar-refractivity contribution in [2.45, 2.75) is 26.5 Å². The number of nitrogens with zero attached hydrogens (tertiary/aromatic N) is 4. The number of benzene rings is 1. The number of likely N-dealkylation sites (tertiary alicyclic amines) is 1. The summed E-state index contributed by atoms with van der Waals surface area (Å²) in [6.07, 6.45) is 4.15. The van der Waals surface area contributed by atoms with E-state index in [1.165, 1.54) is 11.1 Å². The third-order valence-electron chi connectivity index (χ3n) is 5.01. The molecule has 2 aliphatic heterocycles. The molecule has 6 nitrogen and oxygen atoms in total. The minimum absolute atomic E-state index is 0.267. The molecule has 2 saturated heterocycles. The van der Waals surface area contributed by atoms with E-state index in [9.17, 15) is 0 Å². The van der Waals surface area contributed by atoms with Gasteiger partial charge in [-0.15, -0.1) is 0 Å². The smallest absolute Gasteiger partial charge is 0.225 e. The fourth-order valence-electron chi connectivity index (χ4n) is 3.49. The Morgan fingerprint density at radius 3 is 2.38 bits per heavy atom. The van der Waals surface area contributed by atoms with Crippen molar-refractivity contribution in [3.05, 3.63) is 47.3 Å². The standard InChI is InChI=1S/C20H26N4O2/c1-15-4-3-5-16(2)19(15)26-18-13-23(14-18)12-17-10-21-20(22-11-17)24-6-8-25-9-7-24/h3-5,10-11,18H,6-9,12-14H2,1-2H3. The molecule has 2 fully saturated rings. The molecule has 1 aromatic heterocycles. The van der Waals surface area contributed by atoms with Crippen LogP contribution in [0.15, 0.2) is 30.6 Å². The number of ether oxygens (including phenoxy) is 2. The lowest BCUT2D eigenvalue weighted by Crippen LogP contribution is -2.53. The largest absolute Gasteiger partial charge is 0.487 e. The Kier molecular flexibility index (Phi) is 5.04. The van der Waals surface area contributed by atoms with Crippen LogP contribution >= 0.6 is 0 Å². The third-order valence-corrected chi connectivity index (χ3v) is 5.01. The van der Waals surface area contributed by atoms with Crippen LogP contribution in [0.4, 0.5) is 5.95 Å². The summed E-state index contributed by atoms with van der Waals surface area (Å²) in [7, 11) is 0. The summed E-state index contributed by atoms with van der Waals surface area (Å²) in [5.74, 6) is 1.84. The fourth-order valence-corrected chi connectivity index (χ4v) is 3.49. The maximum absolute atomic E-state index is 6.19. The van der Waals surface area contributed by atoms with Crippen molar-refractivity contribution in [1.82, 2.24) is 14.9 Å². The van der Waals surface area contributed by atoms with Gasteiger partial charge in [0.2, 0.25) is 5.95 Å². The highest BCUT2D eigenvalue weighted by molar-refractivity contribution is 5.40. The van der Waals surface area contributed by atoms with E-state index >= 15 is 0 Å². The van der Waals surface area contributed by atoms with Gasteiger partial charge in [0.25, 0.3) is 0 Å². The molecular weight excluding hydrogens is 328 g/mol. The molecule has 0 spiro atoms. The molecule has 0 N–H and O–H groups in total. The number of morpholine rings is 1. The molecule has 1 aromatic carbocycles. The minimum atomic E-state index is 0.267. The summed E-state index contributed by atoms with van der Waals surface area (Å²) >= 11 is 0. The van der Waals surface area contributed by atoms with Gasteiger partial charge in [-0.1, -0.05) is 18.2 Å². The molecule has 2 aliphatic rings. The van der Waals surface area contributed by atoms with Gasteiger partial charge in [-0.25, -0.2) is 9.97 Å². The van der Waals surface area contributed by atoms with Crippen LogP contribution in [0.1, 0.15) is 16.7 Å². The van der Waals surface area contributed by atoms with Crippen LogP contribution < -0.4 is 9.64 Å². The molecule has 0 atom stereocenters. The second-order valence-electron chi connectivity index (χ2n) is 7.15. The highest BCUT2D eigenvalue weighted by Crippen LogP contribution is 2.26. The van der Waals surface area contributed by atoms with Gasteiger partial charge in [-0.3, -0.25) is 4.90 Å². The Hall–Kier alpha value is -2.18. The van der Waals surface area contributed by atoms with Crippen molar-refractivity contribution in [3.63, 3.8) is 0 Å². The van der Waals surface area contributed by atoms with E-state index in [1.807, 2.05) is 12.4 Å². The summed E-state index contributed by atoms with van der Waals surface area (Å²) in [4.78, 5) is 13.6. The second-order valence-corrected chi connectivity index (χ2v) is 7.15. The molecule has 0 amide bonds. The van der Waals surface area contributed by atoms with E-state index in [4.69, 9.17) is 9.47 Å². The first-order valence-corrected chi connectivity index (χ1v) is 9.28. The molecule has 4 rings (SSSR count). The molecule has 26 heavy (non-hydrogen) atoms. The number of aromatic nitrogens is 2. The minimum Gasteiger partial charge on any atom is -0.487 e. The Bertz CT molecular complexity index is 718. The summed E-state index contributed by atoms with van der Waals surface area (Å²) in [5.41, 5.74) is 3.55. The lowest BCUT2D eigenvalue weighted by Gasteiger charge is -2.39. The zero-order chi connectivity index (χ0) is 17.9. The van der Waals surface area contributed by atoms with E-state index in [-0.39, 0.29) is 6.10 Å². The Labute approximate surface area is 154 Å². The molecule has 2 aromatic rings. The molecule has 0 saturated carbocycles. The molecule has 0 radical (unpaired) electrons. The predicted molar refractivity (Wildman–Crippen MR) is 101 cm³/mol. The van der Waals surface area contributed by atoms with E-state index in [0.717, 1.165) is 63.2 Å². The number of rotatable bonds is 5. The van der Waals surface area contributed by atoms with Gasteiger partial charge in [0, 0.05) is 50.7 Å². The summed E-state index contributed by atoms with van der Waals surface area (Å²) in [6.45, 7) is 10.2. The number of anilines is 1. The van der Waals surface area contributed by atoms with Gasteiger partial charge in [0.15, 0.2) is 0 Å². The maximum atomic E-state index is 6.19. The topological polar surface area (TPSA) is 50.7 Å². The molecule has 138 valence electrons. The van der Waals surface area contributed by atoms with Gasteiger partial charge in [0.05, 0.1) is 13.2 Å². The Morgan fingerprint density at radius 1 is 1.08 bits per heavy atom. The highest BCUT2D eigenvalue weighted by Gasteiger charge is 2.29. The van der Waals surface area contributed by atoms with E-state index < -0.39 is 0 Å². The summed E-state index contributed by atoms with van der Waals surface area (Å²) in [6, 6.07) is 6.28. The zero-order valence-electron chi connectivity index (χ0n) is 15.5. The monoisotopic (exact) mass is 354 g/mol. The van der Waals surface area contributed by atoms with E-state index in [2.05, 4.69) is 51.8 Å². The highest BCUT2D eigenvalue weighted by atomic mass is 16.5. The van der Waals surface area contributed by atoms with Crippen molar-refractivity contribution >= 4 is 5.95 Å². The first-order valence-electron chi connectivity index (χ1n) is 9.28. The lowest BCUT2D eigenvalue weighted by molar-refractivity contribution is 0.0136. The van der Waals surface area contributed by atoms with Gasteiger partial charge in [0.1, 0.15) is 11.9 Å². The van der Waals surface area contributed by atoms with E-state index in [1.54, 1.807) is 0 Å². The van der Waals surface area contributed by atoms with Crippen molar-refractivity contribution in [3.8, 4) is 5.75 Å². The first kappa shape index (κ1) is 17.2. The number of hydrogen-bond donors (Lipinski definition) is 0. The fraction of sp³-hybridized carbons (Fsp3) is 0.500. The predicted octanol–water partition coefficient (Wildman–Crippen LogP) is 2.19. The molecule has 6 heteroatoms. The average molecular weight is 354 g/mol. The van der Waals surface area contributed by atoms with Crippen molar-refractivity contribution < 1.29 is 9.47 Å². The zero-order valence-corrected chi connectivity index (χ0v) is 15.5. The van der Waals surface area contributed by atoms with Crippen molar-refractivity contribution in [2.75, 3.05) is 44.3 Å². The molecule has 0 unspecified atom stereocenters. The van der Waals surface area contributed by atoms with Gasteiger partial charge < -0.3 is 14.4 Å². The first-order chi connectivity index (χ1) is 12.7. The van der Waals surface area contributed by atoms with Crippen LogP contribution in [-0.4, -0.2) is 60.4 Å². The molecule has 0 bridgehead atoms. The quantitative estimate of drug-likeness (QED) is 0.820. The van der Waals surface area contributed by atoms with Crippen LogP contribution in [0.25, 0.3) is 0 Å². The molecule has 3 heterocycles. The second kappa shape index (κ2) is 7.60. The van der Waals surface area contributed by atoms with Gasteiger partial charge in [-0.2, -0.15) is 0 Å². The number of aryl methyl sites for hydroxylation is 2. The summed E-state index contributed by atoms with van der Waals surface area (Å²) < 4.78 is 11.6. The van der Waals surface area contributed by atoms with Crippen LogP contribution in [0.5, 0.6) is 5.75 Å². The lowest BCUT2D eigenvalue weighted by atomic mass is 10.1. The Morgan fingerprint density at radius 2 is 1.73 bits per heavy atom. The van der Waals surface area contributed by atoms with Gasteiger partial charge in [-0.05, 0) is 25.0 Å². The SMILES string of the molecule is Cc1cccc(C)c1OC1CN(Cc2cnc(N3CCOCC3)nc2)C1.